The molecule has 0 amide bonds. The second-order valence-corrected chi connectivity index (χ2v) is 4.72. The predicted molar refractivity (Wildman–Crippen MR) is 60.9 cm³/mol. The average Bonchev–Trinajstić information content (AvgIpc) is 2.39. The molecule has 1 aromatic rings. The normalized spacial score (nSPS) is 29.2. The number of nitrogens with zero attached hydrogens (tertiary/aromatic N) is 2. The Kier molecular flexibility index (Phi) is 2.52. The molecule has 2 aliphatic heterocycles. The molecule has 3 rings (SSSR count). The van der Waals surface area contributed by atoms with Crippen molar-refractivity contribution in [3.63, 3.8) is 0 Å². The summed E-state index contributed by atoms with van der Waals surface area (Å²) < 4.78 is 13.1. The minimum absolute atomic E-state index is 0.250. The maximum atomic E-state index is 13.1. The third-order valence-corrected chi connectivity index (χ3v) is 3.69. The zero-order valence-electron chi connectivity index (χ0n) is 9.19. The minimum Gasteiger partial charge on any atom is -0.369 e. The molecule has 3 heterocycles. The second-order valence-electron chi connectivity index (χ2n) is 4.72. The number of fused-ring (bicyclic) bond motifs is 1. The molecule has 2 fully saturated rings. The van der Waals surface area contributed by atoms with Gasteiger partial charge in [0.2, 0.25) is 0 Å². The van der Waals surface area contributed by atoms with Gasteiger partial charge in [0.25, 0.3) is 0 Å². The van der Waals surface area contributed by atoms with Crippen molar-refractivity contribution >= 4 is 5.69 Å². The Morgan fingerprint density at radius 2 is 2.38 bits per heavy atom. The Balaban J connectivity index is 1.78. The van der Waals surface area contributed by atoms with Crippen LogP contribution in [0.25, 0.3) is 0 Å². The van der Waals surface area contributed by atoms with Crippen molar-refractivity contribution in [2.75, 3.05) is 24.5 Å². The van der Waals surface area contributed by atoms with Crippen LogP contribution in [0.4, 0.5) is 10.1 Å². The smallest absolute Gasteiger partial charge is 0.143 e. The Bertz CT molecular complexity index is 382. The molecule has 1 aromatic heterocycles. The van der Waals surface area contributed by atoms with Gasteiger partial charge in [-0.25, -0.2) is 4.39 Å². The Labute approximate surface area is 94.7 Å². The van der Waals surface area contributed by atoms with E-state index in [0.717, 1.165) is 31.2 Å². The van der Waals surface area contributed by atoms with Crippen LogP contribution in [0.2, 0.25) is 0 Å². The molecule has 0 spiro atoms. The lowest BCUT2D eigenvalue weighted by Gasteiger charge is -2.38. The fraction of sp³-hybridized carbons (Fsp3) is 0.583. The van der Waals surface area contributed by atoms with E-state index in [2.05, 4.69) is 15.2 Å². The number of hydrogen-bond acceptors (Lipinski definition) is 3. The molecule has 16 heavy (non-hydrogen) atoms. The van der Waals surface area contributed by atoms with Gasteiger partial charge in [0.1, 0.15) is 5.82 Å². The fourth-order valence-electron chi connectivity index (χ4n) is 2.65. The molecule has 2 atom stereocenters. The molecule has 0 aromatic carbocycles. The molecular formula is C12H16FN3. The van der Waals surface area contributed by atoms with Gasteiger partial charge in [-0.15, -0.1) is 0 Å². The van der Waals surface area contributed by atoms with Gasteiger partial charge in [0.15, 0.2) is 0 Å². The van der Waals surface area contributed by atoms with Crippen molar-refractivity contribution in [1.82, 2.24) is 10.3 Å². The quantitative estimate of drug-likeness (QED) is 0.777. The van der Waals surface area contributed by atoms with Crippen molar-refractivity contribution in [1.29, 1.82) is 0 Å². The zero-order chi connectivity index (χ0) is 11.0. The largest absolute Gasteiger partial charge is 0.369 e. The number of hydrogen-bond donors (Lipinski definition) is 1. The highest BCUT2D eigenvalue weighted by molar-refractivity contribution is 5.44. The molecule has 2 aliphatic rings. The van der Waals surface area contributed by atoms with Gasteiger partial charge in [-0.3, -0.25) is 4.98 Å². The molecule has 0 saturated carbocycles. The van der Waals surface area contributed by atoms with Crippen LogP contribution in [0.1, 0.15) is 12.8 Å². The van der Waals surface area contributed by atoms with Crippen LogP contribution in [-0.2, 0) is 0 Å². The summed E-state index contributed by atoms with van der Waals surface area (Å²) >= 11 is 0. The molecule has 2 saturated heterocycles. The minimum atomic E-state index is -0.250. The van der Waals surface area contributed by atoms with Gasteiger partial charge < -0.3 is 10.2 Å². The van der Waals surface area contributed by atoms with Crippen LogP contribution >= 0.6 is 0 Å². The lowest BCUT2D eigenvalue weighted by molar-refractivity contribution is 0.234. The first kappa shape index (κ1) is 10.0. The van der Waals surface area contributed by atoms with Crippen LogP contribution in [0, 0.1) is 11.7 Å². The number of rotatable bonds is 1. The Hall–Kier alpha value is -1.16. The van der Waals surface area contributed by atoms with Crippen molar-refractivity contribution < 1.29 is 4.39 Å². The van der Waals surface area contributed by atoms with Crippen LogP contribution < -0.4 is 10.2 Å². The van der Waals surface area contributed by atoms with Gasteiger partial charge in [0.05, 0.1) is 18.1 Å². The molecule has 0 bridgehead atoms. The molecule has 3 nitrogen and oxygen atoms in total. The van der Waals surface area contributed by atoms with E-state index in [4.69, 9.17) is 0 Å². The Morgan fingerprint density at radius 1 is 1.44 bits per heavy atom. The maximum Gasteiger partial charge on any atom is 0.143 e. The van der Waals surface area contributed by atoms with E-state index in [1.54, 1.807) is 12.3 Å². The average molecular weight is 221 g/mol. The van der Waals surface area contributed by atoms with Crippen LogP contribution in [0.3, 0.4) is 0 Å². The van der Waals surface area contributed by atoms with Crippen molar-refractivity contribution in [2.24, 2.45) is 5.92 Å². The van der Waals surface area contributed by atoms with Crippen molar-refractivity contribution in [2.45, 2.75) is 18.9 Å². The zero-order valence-corrected chi connectivity index (χ0v) is 9.19. The summed E-state index contributed by atoms with van der Waals surface area (Å²) in [6.45, 7) is 3.15. The number of pyridine rings is 1. The van der Waals surface area contributed by atoms with Crippen LogP contribution in [0.5, 0.6) is 0 Å². The molecule has 86 valence electrons. The fourth-order valence-corrected chi connectivity index (χ4v) is 2.65. The lowest BCUT2D eigenvalue weighted by Crippen LogP contribution is -2.56. The maximum absolute atomic E-state index is 13.1. The summed E-state index contributed by atoms with van der Waals surface area (Å²) in [5, 5.41) is 3.45. The van der Waals surface area contributed by atoms with Crippen LogP contribution in [-0.4, -0.2) is 30.7 Å². The third-order valence-electron chi connectivity index (χ3n) is 3.69. The molecule has 4 heteroatoms. The monoisotopic (exact) mass is 221 g/mol. The SMILES string of the molecule is Fc1cncc(N2CCCC3CNC3C2)c1. The molecule has 1 N–H and O–H groups in total. The number of halogens is 1. The highest BCUT2D eigenvalue weighted by Gasteiger charge is 2.33. The van der Waals surface area contributed by atoms with Crippen molar-refractivity contribution in [3.05, 3.63) is 24.3 Å². The van der Waals surface area contributed by atoms with Gasteiger partial charge in [-0.2, -0.15) is 0 Å². The van der Waals surface area contributed by atoms with E-state index in [0.29, 0.717) is 6.04 Å². The van der Waals surface area contributed by atoms with Gasteiger partial charge in [0, 0.05) is 25.2 Å². The predicted octanol–water partition coefficient (Wildman–Crippen LogP) is 1.41. The van der Waals surface area contributed by atoms with Gasteiger partial charge in [-0.1, -0.05) is 0 Å². The number of aromatic nitrogens is 1. The molecule has 0 aliphatic carbocycles. The summed E-state index contributed by atoms with van der Waals surface area (Å²) in [6.07, 6.45) is 5.49. The van der Waals surface area contributed by atoms with E-state index in [1.807, 2.05) is 0 Å². The first-order valence-corrected chi connectivity index (χ1v) is 5.92. The molecule has 2 unspecified atom stereocenters. The number of nitrogens with one attached hydrogen (secondary N) is 1. The summed E-state index contributed by atoms with van der Waals surface area (Å²) in [5.74, 6) is 0.575. The highest BCUT2D eigenvalue weighted by Crippen LogP contribution is 2.26. The summed E-state index contributed by atoms with van der Waals surface area (Å²) in [7, 11) is 0. The van der Waals surface area contributed by atoms with Crippen molar-refractivity contribution in [3.8, 4) is 0 Å². The van der Waals surface area contributed by atoms with Crippen LogP contribution in [0.15, 0.2) is 18.5 Å². The van der Waals surface area contributed by atoms with E-state index in [1.165, 1.54) is 19.0 Å². The highest BCUT2D eigenvalue weighted by atomic mass is 19.1. The van der Waals surface area contributed by atoms with Gasteiger partial charge >= 0.3 is 0 Å². The van der Waals surface area contributed by atoms with E-state index in [9.17, 15) is 4.39 Å². The topological polar surface area (TPSA) is 28.2 Å². The second kappa shape index (κ2) is 4.01. The van der Waals surface area contributed by atoms with Gasteiger partial charge in [-0.05, 0) is 25.3 Å². The molecular weight excluding hydrogens is 205 g/mol. The van der Waals surface area contributed by atoms with E-state index in [-0.39, 0.29) is 5.82 Å². The van der Waals surface area contributed by atoms with E-state index >= 15 is 0 Å². The first-order valence-electron chi connectivity index (χ1n) is 5.92. The Morgan fingerprint density at radius 3 is 3.12 bits per heavy atom. The summed E-state index contributed by atoms with van der Waals surface area (Å²) in [5.41, 5.74) is 0.911. The number of anilines is 1. The third kappa shape index (κ3) is 1.78. The standard InChI is InChI=1S/C12H16FN3/c13-10-4-11(7-14-6-10)16-3-1-2-9-5-15-12(9)8-16/h4,6-7,9,12,15H,1-3,5,8H2. The summed E-state index contributed by atoms with van der Waals surface area (Å²) in [4.78, 5) is 6.16. The lowest BCUT2D eigenvalue weighted by atomic mass is 9.89. The molecule has 0 radical (unpaired) electrons. The van der Waals surface area contributed by atoms with E-state index < -0.39 is 0 Å². The first-order chi connectivity index (χ1) is 7.83. The summed E-state index contributed by atoms with van der Waals surface area (Å²) in [6, 6.07) is 2.16.